The van der Waals surface area contributed by atoms with Gasteiger partial charge in [0.15, 0.2) is 5.82 Å². The summed E-state index contributed by atoms with van der Waals surface area (Å²) in [6.07, 6.45) is 1.13. The van der Waals surface area contributed by atoms with Gasteiger partial charge in [-0.05, 0) is 50.7 Å². The molecular formula is C23H28F4N6O3. The molecular weight excluding hydrogens is 484 g/mol. The maximum absolute atomic E-state index is 13.1. The Labute approximate surface area is 205 Å². The van der Waals surface area contributed by atoms with Crippen LogP contribution in [-0.4, -0.2) is 63.8 Å². The van der Waals surface area contributed by atoms with Crippen molar-refractivity contribution in [2.24, 2.45) is 5.92 Å². The van der Waals surface area contributed by atoms with Gasteiger partial charge in [-0.15, -0.1) is 0 Å². The van der Waals surface area contributed by atoms with Crippen molar-refractivity contribution in [2.45, 2.75) is 51.7 Å². The number of nitrogens with one attached hydrogen (secondary N) is 2. The predicted molar refractivity (Wildman–Crippen MR) is 123 cm³/mol. The molecule has 3 heterocycles. The zero-order chi connectivity index (χ0) is 26.5. The average molecular weight is 513 g/mol. The van der Waals surface area contributed by atoms with E-state index < -0.39 is 18.0 Å². The number of pyridine rings is 1. The van der Waals surface area contributed by atoms with Gasteiger partial charge >= 0.3 is 12.1 Å². The molecule has 4 rings (SSSR count). The number of aliphatic carboxylic acids is 1. The van der Waals surface area contributed by atoms with Crippen molar-refractivity contribution in [1.29, 1.82) is 0 Å². The van der Waals surface area contributed by atoms with Crippen LogP contribution in [0.3, 0.4) is 0 Å². The minimum atomic E-state index is -5.08. The highest BCUT2D eigenvalue weighted by Gasteiger charge is 2.38. The van der Waals surface area contributed by atoms with Crippen LogP contribution in [-0.2, 0) is 17.6 Å². The van der Waals surface area contributed by atoms with Crippen LogP contribution in [0, 0.1) is 11.7 Å². The molecule has 36 heavy (non-hydrogen) atoms. The van der Waals surface area contributed by atoms with Crippen molar-refractivity contribution in [3.05, 3.63) is 41.1 Å². The number of hydrogen-bond donors (Lipinski definition) is 3. The molecule has 0 bridgehead atoms. The van der Waals surface area contributed by atoms with Crippen LogP contribution < -0.4 is 15.5 Å². The predicted octanol–water partition coefficient (Wildman–Crippen LogP) is 3.21. The first-order valence-electron chi connectivity index (χ1n) is 11.5. The van der Waals surface area contributed by atoms with Gasteiger partial charge in [-0.25, -0.2) is 24.1 Å². The lowest BCUT2D eigenvalue weighted by Gasteiger charge is -2.19. The number of carboxylic acids is 1. The zero-order valence-electron chi connectivity index (χ0n) is 19.9. The second kappa shape index (κ2) is 11.5. The summed E-state index contributed by atoms with van der Waals surface area (Å²) in [5.41, 5.74) is 2.65. The Morgan fingerprint density at radius 2 is 1.78 bits per heavy atom. The van der Waals surface area contributed by atoms with E-state index in [1.54, 1.807) is 0 Å². The number of rotatable bonds is 6. The molecule has 3 N–H and O–H groups in total. The lowest BCUT2D eigenvalue weighted by molar-refractivity contribution is -0.192. The van der Waals surface area contributed by atoms with E-state index in [9.17, 15) is 22.4 Å². The molecule has 1 saturated carbocycles. The Bertz CT molecular complexity index is 1070. The molecule has 0 unspecified atom stereocenters. The van der Waals surface area contributed by atoms with Gasteiger partial charge in [-0.1, -0.05) is 0 Å². The number of anilines is 2. The van der Waals surface area contributed by atoms with E-state index in [1.165, 1.54) is 25.2 Å². The second-order valence-electron chi connectivity index (χ2n) is 8.93. The van der Waals surface area contributed by atoms with Crippen molar-refractivity contribution in [3.8, 4) is 0 Å². The molecule has 2 aromatic rings. The Morgan fingerprint density at radius 1 is 1.17 bits per heavy atom. The highest BCUT2D eigenvalue weighted by Crippen LogP contribution is 2.28. The fourth-order valence-corrected chi connectivity index (χ4v) is 3.51. The SMILES string of the molecule is CC(C)Nc1nc2c(cc1C(=O)NCC1CC1)CCN(c1ncc(F)cn1)CC2.O=C(O)C(F)(F)F. The monoisotopic (exact) mass is 512 g/mol. The molecule has 2 aromatic heterocycles. The van der Waals surface area contributed by atoms with Gasteiger partial charge in [0, 0.05) is 37.8 Å². The molecule has 1 fully saturated rings. The van der Waals surface area contributed by atoms with Crippen LogP contribution in [0.2, 0.25) is 0 Å². The maximum atomic E-state index is 13.1. The van der Waals surface area contributed by atoms with Gasteiger partial charge in [0.25, 0.3) is 5.91 Å². The summed E-state index contributed by atoms with van der Waals surface area (Å²) in [5.74, 6) is -1.50. The van der Waals surface area contributed by atoms with Crippen LogP contribution in [0.5, 0.6) is 0 Å². The van der Waals surface area contributed by atoms with Gasteiger partial charge in [-0.3, -0.25) is 4.79 Å². The number of halogens is 4. The molecule has 1 aliphatic heterocycles. The fraction of sp³-hybridized carbons (Fsp3) is 0.522. The molecule has 0 saturated heterocycles. The van der Waals surface area contributed by atoms with Crippen molar-refractivity contribution in [1.82, 2.24) is 20.3 Å². The summed E-state index contributed by atoms with van der Waals surface area (Å²) in [6.45, 7) is 6.19. The highest BCUT2D eigenvalue weighted by molar-refractivity contribution is 5.99. The van der Waals surface area contributed by atoms with Crippen molar-refractivity contribution < 1.29 is 32.3 Å². The van der Waals surface area contributed by atoms with Gasteiger partial charge in [0.05, 0.1) is 18.0 Å². The Balaban J connectivity index is 0.000000454. The van der Waals surface area contributed by atoms with Crippen LogP contribution in [0.4, 0.5) is 29.3 Å². The quantitative estimate of drug-likeness (QED) is 0.505. The maximum Gasteiger partial charge on any atom is 0.490 e. The van der Waals surface area contributed by atoms with E-state index in [2.05, 4.69) is 20.6 Å². The van der Waals surface area contributed by atoms with Gasteiger partial charge in [0.2, 0.25) is 5.95 Å². The summed E-state index contributed by atoms with van der Waals surface area (Å²) >= 11 is 0. The summed E-state index contributed by atoms with van der Waals surface area (Å²) in [5, 5.41) is 13.5. The molecule has 0 spiro atoms. The first kappa shape index (κ1) is 27.1. The highest BCUT2D eigenvalue weighted by atomic mass is 19.4. The Kier molecular flexibility index (Phi) is 8.64. The van der Waals surface area contributed by atoms with E-state index >= 15 is 0 Å². The first-order chi connectivity index (χ1) is 16.9. The number of amides is 1. The van der Waals surface area contributed by atoms with Crippen LogP contribution in [0.1, 0.15) is 48.3 Å². The number of hydrogen-bond acceptors (Lipinski definition) is 7. The largest absolute Gasteiger partial charge is 0.490 e. The van der Waals surface area contributed by atoms with Gasteiger partial charge in [0.1, 0.15) is 5.82 Å². The van der Waals surface area contributed by atoms with Gasteiger partial charge < -0.3 is 20.6 Å². The number of carbonyl (C=O) groups excluding carboxylic acids is 1. The fourth-order valence-electron chi connectivity index (χ4n) is 3.51. The smallest absolute Gasteiger partial charge is 0.475 e. The molecule has 13 heteroatoms. The number of fused-ring (bicyclic) bond motifs is 1. The summed E-state index contributed by atoms with van der Waals surface area (Å²) in [7, 11) is 0. The molecule has 1 aliphatic carbocycles. The summed E-state index contributed by atoms with van der Waals surface area (Å²) in [4.78, 5) is 36.8. The summed E-state index contributed by atoms with van der Waals surface area (Å²) in [6, 6.07) is 2.15. The molecule has 0 aromatic carbocycles. The molecule has 0 atom stereocenters. The Hall–Kier alpha value is -3.51. The third kappa shape index (κ3) is 7.75. The van der Waals surface area contributed by atoms with E-state index in [0.29, 0.717) is 42.8 Å². The van der Waals surface area contributed by atoms with E-state index in [4.69, 9.17) is 14.9 Å². The summed E-state index contributed by atoms with van der Waals surface area (Å²) < 4.78 is 44.9. The molecule has 2 aliphatic rings. The molecule has 1 amide bonds. The topological polar surface area (TPSA) is 120 Å². The lowest BCUT2D eigenvalue weighted by Crippen LogP contribution is -2.28. The molecule has 0 radical (unpaired) electrons. The van der Waals surface area contributed by atoms with E-state index in [1.807, 2.05) is 24.8 Å². The number of nitrogens with zero attached hydrogens (tertiary/aromatic N) is 4. The van der Waals surface area contributed by atoms with E-state index in [0.717, 1.165) is 24.2 Å². The number of carbonyl (C=O) groups is 2. The Morgan fingerprint density at radius 3 is 2.33 bits per heavy atom. The van der Waals surface area contributed by atoms with Crippen LogP contribution in [0.25, 0.3) is 0 Å². The normalized spacial score (nSPS) is 15.4. The zero-order valence-corrected chi connectivity index (χ0v) is 19.9. The van der Waals surface area contributed by atoms with Gasteiger partial charge in [-0.2, -0.15) is 13.2 Å². The van der Waals surface area contributed by atoms with Crippen molar-refractivity contribution >= 4 is 23.6 Å². The number of carboxylic acid groups (broad SMARTS) is 1. The van der Waals surface area contributed by atoms with Crippen LogP contribution >= 0.6 is 0 Å². The number of aromatic nitrogens is 3. The molecule has 9 nitrogen and oxygen atoms in total. The second-order valence-corrected chi connectivity index (χ2v) is 8.93. The van der Waals surface area contributed by atoms with Crippen molar-refractivity contribution in [3.63, 3.8) is 0 Å². The van der Waals surface area contributed by atoms with Crippen molar-refractivity contribution in [2.75, 3.05) is 29.9 Å². The van der Waals surface area contributed by atoms with Crippen LogP contribution in [0.15, 0.2) is 18.5 Å². The standard InChI is InChI=1S/C21H27FN6O.C2HF3O2/c1-13(2)26-19-17(20(29)23-10-14-3-4-14)9-15-5-7-28(8-6-18(15)27-19)21-24-11-16(22)12-25-21;3-2(4,5)1(6)7/h9,11-14H,3-8,10H2,1-2H3,(H,23,29)(H,26,27);(H,6,7). The minimum Gasteiger partial charge on any atom is -0.475 e. The lowest BCUT2D eigenvalue weighted by atomic mass is 10.0. The first-order valence-corrected chi connectivity index (χ1v) is 11.5. The van der Waals surface area contributed by atoms with E-state index in [-0.39, 0.29) is 11.9 Å². The minimum absolute atomic E-state index is 0.0710. The number of alkyl halides is 3. The molecule has 196 valence electrons. The third-order valence-corrected chi connectivity index (χ3v) is 5.51. The third-order valence-electron chi connectivity index (χ3n) is 5.51. The average Bonchev–Trinajstić information content (AvgIpc) is 3.64.